The minimum Gasteiger partial charge on any atom is -0.361 e. The van der Waals surface area contributed by atoms with Gasteiger partial charge in [0, 0.05) is 11.6 Å². The third-order valence-corrected chi connectivity index (χ3v) is 4.53. The van der Waals surface area contributed by atoms with Crippen LogP contribution >= 0.6 is 0 Å². The molecule has 0 bridgehead atoms. The number of rotatable bonds is 2. The van der Waals surface area contributed by atoms with Crippen LogP contribution in [0.5, 0.6) is 0 Å². The molecule has 4 rings (SSSR count). The highest BCUT2D eigenvalue weighted by Gasteiger charge is 2.01. The zero-order valence-electron chi connectivity index (χ0n) is 16.4. The van der Waals surface area contributed by atoms with E-state index in [1.165, 1.54) is 57.6 Å². The Hall–Kier alpha value is -2.75. The fourth-order valence-electron chi connectivity index (χ4n) is 3.00. The summed E-state index contributed by atoms with van der Waals surface area (Å²) in [5, 5.41) is 4.19. The number of benzene rings is 2. The van der Waals surface area contributed by atoms with Gasteiger partial charge in [0.15, 0.2) is 11.6 Å². The van der Waals surface area contributed by atoms with Crippen molar-refractivity contribution in [1.82, 2.24) is 4.98 Å². The molecule has 2 nitrogen and oxygen atoms in total. The fraction of sp³-hybridized carbons (Fsp3) is 0.292. The monoisotopic (exact) mass is 382 g/mol. The Morgan fingerprint density at radius 3 is 2.07 bits per heavy atom. The summed E-state index contributed by atoms with van der Waals surface area (Å²) >= 11 is 0. The highest BCUT2D eigenvalue weighted by atomic mass is 19.2. The third kappa shape index (κ3) is 6.76. The molecule has 1 N–H and O–H groups in total. The number of pyridine rings is 1. The van der Waals surface area contributed by atoms with Crippen LogP contribution in [0.25, 0.3) is 10.9 Å². The molecule has 2 aromatic carbocycles. The minimum atomic E-state index is -0.782. The van der Waals surface area contributed by atoms with Gasteiger partial charge in [-0.2, -0.15) is 0 Å². The Morgan fingerprint density at radius 1 is 0.893 bits per heavy atom. The topological polar surface area (TPSA) is 24.9 Å². The van der Waals surface area contributed by atoms with E-state index in [9.17, 15) is 8.78 Å². The van der Waals surface area contributed by atoms with Gasteiger partial charge in [-0.15, -0.1) is 0 Å². The zero-order valence-corrected chi connectivity index (χ0v) is 16.4. The standard InChI is InChI=1S/C11H10N2.C7H6F2.C6H12/c1-2-12-10-7-3-5-9-6-4-8-13-11(9)10;1-5-3-2-4-6(8)7(5)9;1-2-4-6-5-3-1/h2-8,12H,1H2;2-4H,1H3;1-6H2. The molecule has 1 aromatic heterocycles. The van der Waals surface area contributed by atoms with Gasteiger partial charge in [-0.3, -0.25) is 4.98 Å². The van der Waals surface area contributed by atoms with Crippen molar-refractivity contribution >= 4 is 16.6 Å². The van der Waals surface area contributed by atoms with E-state index in [1.807, 2.05) is 30.3 Å². The first kappa shape index (κ1) is 21.5. The number of halogens is 2. The molecule has 0 unspecified atom stereocenters. The molecule has 1 fully saturated rings. The summed E-state index contributed by atoms with van der Waals surface area (Å²) in [6.45, 7) is 5.15. The van der Waals surface area contributed by atoms with E-state index in [1.54, 1.807) is 12.4 Å². The van der Waals surface area contributed by atoms with Crippen molar-refractivity contribution in [3.05, 3.63) is 84.7 Å². The van der Waals surface area contributed by atoms with Gasteiger partial charge < -0.3 is 5.32 Å². The van der Waals surface area contributed by atoms with Gasteiger partial charge >= 0.3 is 0 Å². The summed E-state index contributed by atoms with van der Waals surface area (Å²) in [6, 6.07) is 14.1. The molecular formula is C24H28F2N2. The van der Waals surface area contributed by atoms with Crippen LogP contribution in [0.1, 0.15) is 44.1 Å². The molecule has 28 heavy (non-hydrogen) atoms. The second-order valence-electron chi connectivity index (χ2n) is 6.72. The normalized spacial score (nSPS) is 12.8. The predicted octanol–water partition coefficient (Wildman–Crippen LogP) is 7.40. The molecule has 0 atom stereocenters. The number of aryl methyl sites for hydroxylation is 1. The maximum atomic E-state index is 12.4. The lowest BCUT2D eigenvalue weighted by atomic mass is 10.0. The highest BCUT2D eigenvalue weighted by molar-refractivity contribution is 5.90. The molecule has 0 radical (unpaired) electrons. The van der Waals surface area contributed by atoms with Crippen LogP contribution in [-0.4, -0.2) is 4.98 Å². The van der Waals surface area contributed by atoms with Gasteiger partial charge in [0.05, 0.1) is 11.2 Å². The van der Waals surface area contributed by atoms with Crippen LogP contribution in [0.15, 0.2) is 67.5 Å². The van der Waals surface area contributed by atoms with E-state index < -0.39 is 11.6 Å². The first-order valence-electron chi connectivity index (χ1n) is 9.75. The van der Waals surface area contributed by atoms with Gasteiger partial charge in [-0.1, -0.05) is 75.4 Å². The van der Waals surface area contributed by atoms with Gasteiger partial charge in [0.1, 0.15) is 0 Å². The van der Waals surface area contributed by atoms with Gasteiger partial charge in [-0.05, 0) is 36.9 Å². The molecule has 148 valence electrons. The lowest BCUT2D eigenvalue weighted by Crippen LogP contribution is -1.89. The molecule has 0 saturated heterocycles. The molecule has 0 aliphatic heterocycles. The first-order chi connectivity index (χ1) is 13.6. The predicted molar refractivity (Wildman–Crippen MR) is 114 cm³/mol. The molecule has 1 aliphatic carbocycles. The van der Waals surface area contributed by atoms with Crippen LogP contribution in [-0.2, 0) is 0 Å². The Kier molecular flexibility index (Phi) is 9.13. The maximum absolute atomic E-state index is 12.4. The third-order valence-electron chi connectivity index (χ3n) is 4.53. The molecule has 4 heteroatoms. The summed E-state index contributed by atoms with van der Waals surface area (Å²) in [4.78, 5) is 4.29. The number of hydrogen-bond donors (Lipinski definition) is 1. The van der Waals surface area contributed by atoms with E-state index in [0.717, 1.165) is 22.7 Å². The second-order valence-corrected chi connectivity index (χ2v) is 6.72. The first-order valence-corrected chi connectivity index (χ1v) is 9.75. The van der Waals surface area contributed by atoms with Crippen molar-refractivity contribution in [2.24, 2.45) is 0 Å². The molecular weight excluding hydrogens is 354 g/mol. The maximum Gasteiger partial charge on any atom is 0.161 e. The SMILES string of the molecule is C1CCCCC1.C=CNc1cccc2cccnc12.Cc1cccc(F)c1F. The lowest BCUT2D eigenvalue weighted by Gasteiger charge is -2.05. The van der Waals surface area contributed by atoms with Crippen molar-refractivity contribution in [1.29, 1.82) is 0 Å². The van der Waals surface area contributed by atoms with Gasteiger partial charge in [0.25, 0.3) is 0 Å². The van der Waals surface area contributed by atoms with Crippen molar-refractivity contribution in [2.45, 2.75) is 45.4 Å². The summed E-state index contributed by atoms with van der Waals surface area (Å²) in [6.07, 6.45) is 12.4. The van der Waals surface area contributed by atoms with Gasteiger partial charge in [-0.25, -0.2) is 8.78 Å². The van der Waals surface area contributed by atoms with E-state index >= 15 is 0 Å². The number of fused-ring (bicyclic) bond motifs is 1. The van der Waals surface area contributed by atoms with Crippen LogP contribution in [0.4, 0.5) is 14.5 Å². The lowest BCUT2D eigenvalue weighted by molar-refractivity contribution is 0.503. The highest BCUT2D eigenvalue weighted by Crippen LogP contribution is 2.20. The van der Waals surface area contributed by atoms with E-state index in [2.05, 4.69) is 16.9 Å². The van der Waals surface area contributed by atoms with Crippen molar-refractivity contribution in [2.75, 3.05) is 5.32 Å². The van der Waals surface area contributed by atoms with Crippen LogP contribution in [0.3, 0.4) is 0 Å². The van der Waals surface area contributed by atoms with Crippen molar-refractivity contribution < 1.29 is 8.78 Å². The molecule has 1 saturated carbocycles. The fourth-order valence-corrected chi connectivity index (χ4v) is 3.00. The van der Waals surface area contributed by atoms with Crippen molar-refractivity contribution in [3.8, 4) is 0 Å². The van der Waals surface area contributed by atoms with E-state index in [4.69, 9.17) is 0 Å². The van der Waals surface area contributed by atoms with Crippen molar-refractivity contribution in [3.63, 3.8) is 0 Å². The van der Waals surface area contributed by atoms with E-state index in [-0.39, 0.29) is 0 Å². The minimum absolute atomic E-state index is 0.343. The largest absolute Gasteiger partial charge is 0.361 e. The number of nitrogens with zero attached hydrogens (tertiary/aromatic N) is 1. The molecule has 0 amide bonds. The summed E-state index contributed by atoms with van der Waals surface area (Å²) in [7, 11) is 0. The molecule has 3 aromatic rings. The van der Waals surface area contributed by atoms with Crippen LogP contribution < -0.4 is 5.32 Å². The average molecular weight is 382 g/mol. The summed E-state index contributed by atoms with van der Waals surface area (Å²) in [5.74, 6) is -1.53. The number of hydrogen-bond acceptors (Lipinski definition) is 2. The average Bonchev–Trinajstić information content (AvgIpc) is 2.75. The summed E-state index contributed by atoms with van der Waals surface area (Å²) in [5.41, 5.74) is 2.31. The summed E-state index contributed by atoms with van der Waals surface area (Å²) < 4.78 is 24.6. The number of anilines is 1. The quantitative estimate of drug-likeness (QED) is 0.499. The van der Waals surface area contributed by atoms with Crippen LogP contribution in [0, 0.1) is 18.6 Å². The molecule has 1 heterocycles. The Morgan fingerprint density at radius 2 is 1.50 bits per heavy atom. The number of nitrogens with one attached hydrogen (secondary N) is 1. The Labute approximate surface area is 166 Å². The zero-order chi connectivity index (χ0) is 20.2. The molecule has 1 aliphatic rings. The van der Waals surface area contributed by atoms with Crippen LogP contribution in [0.2, 0.25) is 0 Å². The number of aromatic nitrogens is 1. The smallest absolute Gasteiger partial charge is 0.161 e. The number of para-hydroxylation sites is 1. The molecule has 0 spiro atoms. The Balaban J connectivity index is 0.000000162. The Bertz CT molecular complexity index is 836. The second kappa shape index (κ2) is 11.9. The van der Waals surface area contributed by atoms with E-state index in [0.29, 0.717) is 5.56 Å². The van der Waals surface area contributed by atoms with Gasteiger partial charge in [0.2, 0.25) is 0 Å².